The molecule has 0 fully saturated rings. The lowest BCUT2D eigenvalue weighted by Crippen LogP contribution is -2.39. The molecule has 4 heteroatoms. The summed E-state index contributed by atoms with van der Waals surface area (Å²) < 4.78 is 3.25. The predicted octanol–water partition coefficient (Wildman–Crippen LogP) is 4.22. The van der Waals surface area contributed by atoms with Crippen LogP contribution in [0.15, 0.2) is 22.7 Å². The Kier molecular flexibility index (Phi) is 4.07. The van der Waals surface area contributed by atoms with Crippen LogP contribution in [0.3, 0.4) is 0 Å². The Balaban J connectivity index is 2.12. The Morgan fingerprint density at radius 2 is 2.10 bits per heavy atom. The highest BCUT2D eigenvalue weighted by Crippen LogP contribution is 2.32. The van der Waals surface area contributed by atoms with Gasteiger partial charge in [-0.1, -0.05) is 29.3 Å². The topological polar surface area (TPSA) is 25.2 Å². The van der Waals surface area contributed by atoms with Crippen LogP contribution in [0.2, 0.25) is 0 Å². The van der Waals surface area contributed by atoms with Crippen LogP contribution in [0.1, 0.15) is 42.7 Å². The average Bonchev–Trinajstić information content (AvgIpc) is 2.80. The molecule has 21 heavy (non-hydrogen) atoms. The number of carbonyl (C=O) groups is 1. The van der Waals surface area contributed by atoms with Gasteiger partial charge in [-0.25, -0.2) is 0 Å². The number of carbonyl (C=O) groups excluding carboxylic acids is 1. The summed E-state index contributed by atoms with van der Waals surface area (Å²) in [4.78, 5) is 14.9. The summed E-state index contributed by atoms with van der Waals surface area (Å²) >= 11 is 3.55. The lowest BCUT2D eigenvalue weighted by Gasteiger charge is -2.28. The lowest BCUT2D eigenvalue weighted by atomic mass is 10.0. The van der Waals surface area contributed by atoms with Gasteiger partial charge in [-0.15, -0.1) is 0 Å². The largest absolute Gasteiger partial charge is 0.337 e. The van der Waals surface area contributed by atoms with Crippen molar-refractivity contribution in [1.29, 1.82) is 0 Å². The number of aromatic nitrogens is 1. The number of benzene rings is 1. The van der Waals surface area contributed by atoms with Gasteiger partial charge in [0.05, 0.1) is 0 Å². The molecule has 2 aromatic rings. The summed E-state index contributed by atoms with van der Waals surface area (Å²) in [6, 6.07) is 6.32. The van der Waals surface area contributed by atoms with Gasteiger partial charge in [-0.2, -0.15) is 0 Å². The SMILES string of the molecule is CCCCN1CCc2c(n(CC)c3ccc(Br)cc23)C1=O. The minimum Gasteiger partial charge on any atom is -0.337 e. The number of aryl methyl sites for hydroxylation is 1. The summed E-state index contributed by atoms with van der Waals surface area (Å²) in [7, 11) is 0. The first-order valence-electron chi connectivity index (χ1n) is 7.77. The number of rotatable bonds is 4. The third kappa shape index (κ3) is 2.39. The number of fused-ring (bicyclic) bond motifs is 3. The van der Waals surface area contributed by atoms with E-state index in [2.05, 4.69) is 52.5 Å². The molecule has 1 aliphatic rings. The highest BCUT2D eigenvalue weighted by atomic mass is 79.9. The lowest BCUT2D eigenvalue weighted by molar-refractivity contribution is 0.0726. The van der Waals surface area contributed by atoms with Crippen molar-refractivity contribution in [2.45, 2.75) is 39.7 Å². The van der Waals surface area contributed by atoms with Crippen molar-refractivity contribution in [3.05, 3.63) is 33.9 Å². The molecule has 0 saturated carbocycles. The molecule has 1 aromatic carbocycles. The van der Waals surface area contributed by atoms with Crippen LogP contribution in [0, 0.1) is 0 Å². The molecule has 0 N–H and O–H groups in total. The Labute approximate surface area is 134 Å². The van der Waals surface area contributed by atoms with Crippen LogP contribution in [-0.2, 0) is 13.0 Å². The maximum absolute atomic E-state index is 12.9. The van der Waals surface area contributed by atoms with E-state index in [1.807, 2.05) is 4.90 Å². The molecule has 3 nitrogen and oxygen atoms in total. The molecule has 0 bridgehead atoms. The minimum absolute atomic E-state index is 0.207. The molecular formula is C17H21BrN2O. The minimum atomic E-state index is 0.207. The first-order chi connectivity index (χ1) is 10.2. The van der Waals surface area contributed by atoms with Gasteiger partial charge in [-0.3, -0.25) is 4.79 Å². The highest BCUT2D eigenvalue weighted by Gasteiger charge is 2.30. The number of hydrogen-bond acceptors (Lipinski definition) is 1. The predicted molar refractivity (Wildman–Crippen MR) is 89.8 cm³/mol. The van der Waals surface area contributed by atoms with E-state index in [4.69, 9.17) is 0 Å². The van der Waals surface area contributed by atoms with Crippen molar-refractivity contribution in [3.8, 4) is 0 Å². The van der Waals surface area contributed by atoms with E-state index in [1.54, 1.807) is 0 Å². The summed E-state index contributed by atoms with van der Waals surface area (Å²) in [5, 5.41) is 1.23. The maximum atomic E-state index is 12.9. The number of unbranched alkanes of at least 4 members (excludes halogenated alkanes) is 1. The number of halogens is 1. The number of hydrogen-bond donors (Lipinski definition) is 0. The fourth-order valence-corrected chi connectivity index (χ4v) is 3.64. The Bertz CT molecular complexity index is 690. The molecule has 0 spiro atoms. The molecule has 2 heterocycles. The molecule has 0 unspecified atom stereocenters. The summed E-state index contributed by atoms with van der Waals surface area (Å²) in [6.45, 7) is 6.84. The van der Waals surface area contributed by atoms with E-state index < -0.39 is 0 Å². The van der Waals surface area contributed by atoms with Crippen molar-refractivity contribution in [1.82, 2.24) is 9.47 Å². The Morgan fingerprint density at radius 3 is 2.81 bits per heavy atom. The highest BCUT2D eigenvalue weighted by molar-refractivity contribution is 9.10. The summed E-state index contributed by atoms with van der Waals surface area (Å²) in [5.41, 5.74) is 3.32. The first kappa shape index (κ1) is 14.6. The van der Waals surface area contributed by atoms with Gasteiger partial charge >= 0.3 is 0 Å². The maximum Gasteiger partial charge on any atom is 0.270 e. The van der Waals surface area contributed by atoms with E-state index in [1.165, 1.54) is 16.5 Å². The van der Waals surface area contributed by atoms with Gasteiger partial charge in [0.25, 0.3) is 5.91 Å². The van der Waals surface area contributed by atoms with Crippen molar-refractivity contribution >= 4 is 32.7 Å². The van der Waals surface area contributed by atoms with E-state index in [-0.39, 0.29) is 5.91 Å². The second-order valence-corrected chi connectivity index (χ2v) is 6.54. The van der Waals surface area contributed by atoms with Crippen molar-refractivity contribution in [2.24, 2.45) is 0 Å². The zero-order chi connectivity index (χ0) is 15.0. The van der Waals surface area contributed by atoms with Crippen molar-refractivity contribution in [3.63, 3.8) is 0 Å². The van der Waals surface area contributed by atoms with Gasteiger partial charge in [0.1, 0.15) is 5.69 Å². The molecule has 0 atom stereocenters. The zero-order valence-corrected chi connectivity index (χ0v) is 14.2. The van der Waals surface area contributed by atoms with Gasteiger partial charge < -0.3 is 9.47 Å². The van der Waals surface area contributed by atoms with Crippen molar-refractivity contribution < 1.29 is 4.79 Å². The molecule has 1 amide bonds. The molecule has 112 valence electrons. The molecule has 1 aromatic heterocycles. The summed E-state index contributed by atoms with van der Waals surface area (Å²) in [5.74, 6) is 0.207. The van der Waals surface area contributed by atoms with Crippen LogP contribution in [0.4, 0.5) is 0 Å². The van der Waals surface area contributed by atoms with Crippen LogP contribution in [0.25, 0.3) is 10.9 Å². The van der Waals surface area contributed by atoms with Gasteiger partial charge in [0.2, 0.25) is 0 Å². The molecule has 0 radical (unpaired) electrons. The van der Waals surface area contributed by atoms with Gasteiger partial charge in [0.15, 0.2) is 0 Å². The van der Waals surface area contributed by atoms with Crippen LogP contribution in [-0.4, -0.2) is 28.5 Å². The smallest absolute Gasteiger partial charge is 0.270 e. The third-order valence-corrected chi connectivity index (χ3v) is 4.84. The van der Waals surface area contributed by atoms with Gasteiger partial charge in [0, 0.05) is 35.0 Å². The van der Waals surface area contributed by atoms with Crippen LogP contribution in [0.5, 0.6) is 0 Å². The molecular weight excluding hydrogens is 328 g/mol. The molecule has 0 aliphatic carbocycles. The number of nitrogens with zero attached hydrogens (tertiary/aromatic N) is 2. The van der Waals surface area contributed by atoms with E-state index in [9.17, 15) is 4.79 Å². The van der Waals surface area contributed by atoms with Gasteiger partial charge in [-0.05, 0) is 43.5 Å². The van der Waals surface area contributed by atoms with E-state index in [0.717, 1.165) is 49.1 Å². The zero-order valence-electron chi connectivity index (χ0n) is 12.7. The first-order valence-corrected chi connectivity index (χ1v) is 8.56. The second-order valence-electron chi connectivity index (χ2n) is 5.63. The Morgan fingerprint density at radius 1 is 1.29 bits per heavy atom. The summed E-state index contributed by atoms with van der Waals surface area (Å²) in [6.07, 6.45) is 3.17. The molecule has 0 saturated heterocycles. The van der Waals surface area contributed by atoms with E-state index in [0.29, 0.717) is 0 Å². The fourth-order valence-electron chi connectivity index (χ4n) is 3.28. The average molecular weight is 349 g/mol. The second kappa shape index (κ2) is 5.84. The monoisotopic (exact) mass is 348 g/mol. The van der Waals surface area contributed by atoms with Crippen LogP contribution < -0.4 is 0 Å². The Hall–Kier alpha value is -1.29. The van der Waals surface area contributed by atoms with Crippen molar-refractivity contribution in [2.75, 3.05) is 13.1 Å². The quantitative estimate of drug-likeness (QED) is 0.811. The molecule has 1 aliphatic heterocycles. The standard InChI is InChI=1S/C17H21BrN2O/c1-3-5-9-19-10-8-13-14-11-12(18)6-7-15(14)20(4-2)16(13)17(19)21/h6-7,11H,3-5,8-10H2,1-2H3. The fraction of sp³-hybridized carbons (Fsp3) is 0.471. The molecule has 3 rings (SSSR count). The number of amides is 1. The van der Waals surface area contributed by atoms with E-state index >= 15 is 0 Å². The van der Waals surface area contributed by atoms with Crippen LogP contribution >= 0.6 is 15.9 Å². The normalized spacial score (nSPS) is 14.8. The third-order valence-electron chi connectivity index (χ3n) is 4.35.